The van der Waals surface area contributed by atoms with Crippen LogP contribution in [0.15, 0.2) is 32.8 Å². The van der Waals surface area contributed by atoms with Crippen LogP contribution >= 0.6 is 0 Å². The van der Waals surface area contributed by atoms with Gasteiger partial charge in [0.15, 0.2) is 0 Å². The molecule has 10 heteroatoms. The van der Waals surface area contributed by atoms with E-state index in [0.29, 0.717) is 0 Å². The molecule has 1 aromatic heterocycles. The van der Waals surface area contributed by atoms with E-state index in [4.69, 9.17) is 0 Å². The number of nitro groups is 1. The number of hydrogen-bond acceptors (Lipinski definition) is 7. The Hall–Kier alpha value is -3.43. The number of phenols is 1. The van der Waals surface area contributed by atoms with Crippen LogP contribution in [0.3, 0.4) is 0 Å². The Morgan fingerprint density at radius 3 is 2.52 bits per heavy atom. The first-order valence-electron chi connectivity index (χ1n) is 5.45. The second kappa shape index (κ2) is 5.28. The van der Waals surface area contributed by atoms with Gasteiger partial charge in [-0.05, 0) is 6.07 Å². The van der Waals surface area contributed by atoms with Gasteiger partial charge in [-0.15, -0.1) is 0 Å². The average Bonchev–Trinajstić information content (AvgIpc) is 2.38. The molecule has 0 spiro atoms. The molecule has 1 aromatic carbocycles. The fraction of sp³-hybridized carbons (Fsp3) is 0. The second-order valence-electron chi connectivity index (χ2n) is 3.86. The molecule has 0 bridgehead atoms. The van der Waals surface area contributed by atoms with E-state index in [-0.39, 0.29) is 16.9 Å². The summed E-state index contributed by atoms with van der Waals surface area (Å²) in [7, 11) is 0. The highest BCUT2D eigenvalue weighted by Crippen LogP contribution is 2.30. The number of non-ortho nitro benzene ring substituents is 1. The third-order valence-electron chi connectivity index (χ3n) is 2.46. The topological polar surface area (TPSA) is 162 Å². The average molecular weight is 292 g/mol. The highest BCUT2D eigenvalue weighted by Gasteiger charge is 2.10. The number of benzene rings is 1. The lowest BCUT2D eigenvalue weighted by molar-refractivity contribution is -0.384. The lowest BCUT2D eigenvalue weighted by atomic mass is 10.2. The van der Waals surface area contributed by atoms with Crippen molar-refractivity contribution in [1.29, 1.82) is 0 Å². The molecule has 0 atom stereocenters. The van der Waals surface area contributed by atoms with E-state index >= 15 is 0 Å². The quantitative estimate of drug-likeness (QED) is 0.357. The van der Waals surface area contributed by atoms with E-state index in [1.54, 1.807) is 0 Å². The first-order chi connectivity index (χ1) is 9.88. The largest absolute Gasteiger partial charge is 0.505 e. The first kappa shape index (κ1) is 14.0. The number of nitro benzene ring substituents is 1. The molecule has 0 saturated heterocycles. The zero-order chi connectivity index (χ0) is 15.6. The first-order valence-corrected chi connectivity index (χ1v) is 5.45. The molecule has 10 nitrogen and oxygen atoms in total. The third-order valence-corrected chi connectivity index (χ3v) is 2.46. The molecule has 0 aliphatic carbocycles. The fourth-order valence-electron chi connectivity index (χ4n) is 1.47. The summed E-state index contributed by atoms with van der Waals surface area (Å²) in [6, 6.07) is 3.17. The maximum absolute atomic E-state index is 11.4. The molecule has 0 aliphatic heterocycles. The molecular formula is C11H8N4O6. The van der Waals surface area contributed by atoms with E-state index < -0.39 is 27.8 Å². The van der Waals surface area contributed by atoms with Gasteiger partial charge >= 0.3 is 5.69 Å². The number of aromatic nitrogens is 2. The Morgan fingerprint density at radius 2 is 1.95 bits per heavy atom. The van der Waals surface area contributed by atoms with Crippen LogP contribution in [0.5, 0.6) is 11.6 Å². The van der Waals surface area contributed by atoms with Crippen LogP contribution in [-0.2, 0) is 0 Å². The highest BCUT2D eigenvalue weighted by molar-refractivity contribution is 5.84. The number of nitrogens with one attached hydrogen (secondary N) is 2. The minimum absolute atomic E-state index is 0.0504. The fourth-order valence-corrected chi connectivity index (χ4v) is 1.47. The van der Waals surface area contributed by atoms with Gasteiger partial charge in [0.05, 0.1) is 11.0 Å². The monoisotopic (exact) mass is 292 g/mol. The molecule has 0 unspecified atom stereocenters. The predicted molar refractivity (Wildman–Crippen MR) is 71.4 cm³/mol. The van der Waals surface area contributed by atoms with Crippen molar-refractivity contribution in [3.05, 3.63) is 54.7 Å². The van der Waals surface area contributed by atoms with Crippen molar-refractivity contribution >= 4 is 17.6 Å². The van der Waals surface area contributed by atoms with Crippen molar-refractivity contribution in [2.45, 2.75) is 0 Å². The minimum atomic E-state index is -0.882. The Balaban J connectivity index is 2.41. The summed E-state index contributed by atoms with van der Waals surface area (Å²) in [6.07, 6.45) is 0.908. The Bertz CT molecular complexity index is 851. The van der Waals surface area contributed by atoms with E-state index in [2.05, 4.69) is 4.99 Å². The maximum atomic E-state index is 11.4. The van der Waals surface area contributed by atoms with Crippen molar-refractivity contribution < 1.29 is 15.1 Å². The Labute approximate surface area is 115 Å². The number of H-pyrrole nitrogens is 2. The molecule has 0 aliphatic rings. The Morgan fingerprint density at radius 1 is 1.24 bits per heavy atom. The van der Waals surface area contributed by atoms with Gasteiger partial charge < -0.3 is 10.2 Å². The minimum Gasteiger partial charge on any atom is -0.505 e. The van der Waals surface area contributed by atoms with Crippen molar-refractivity contribution in [2.24, 2.45) is 4.99 Å². The van der Waals surface area contributed by atoms with Crippen molar-refractivity contribution in [3.63, 3.8) is 0 Å². The molecule has 2 aromatic rings. The van der Waals surface area contributed by atoms with Crippen LogP contribution in [0.2, 0.25) is 0 Å². The van der Waals surface area contributed by atoms with E-state index in [1.165, 1.54) is 6.07 Å². The number of aromatic hydroxyl groups is 2. The summed E-state index contributed by atoms with van der Waals surface area (Å²) >= 11 is 0. The number of aromatic amines is 2. The number of nitrogens with zero attached hydrogens (tertiary/aromatic N) is 2. The van der Waals surface area contributed by atoms with Crippen LogP contribution in [0.1, 0.15) is 5.56 Å². The lowest BCUT2D eigenvalue weighted by Gasteiger charge is -1.99. The predicted octanol–water partition coefficient (Wildman–Crippen LogP) is 0.133. The van der Waals surface area contributed by atoms with Crippen LogP contribution in [0, 0.1) is 10.1 Å². The van der Waals surface area contributed by atoms with Crippen molar-refractivity contribution in [1.82, 2.24) is 9.97 Å². The highest BCUT2D eigenvalue weighted by atomic mass is 16.6. The molecule has 4 N–H and O–H groups in total. The SMILES string of the molecule is O=c1[nH]c(O)c(C=Nc2ccc([N+](=O)[O-])cc2O)c(=O)[nH]1. The summed E-state index contributed by atoms with van der Waals surface area (Å²) in [4.78, 5) is 39.7. The van der Waals surface area contributed by atoms with Gasteiger partial charge in [-0.25, -0.2) is 4.79 Å². The zero-order valence-corrected chi connectivity index (χ0v) is 10.2. The van der Waals surface area contributed by atoms with Gasteiger partial charge in [0.25, 0.3) is 11.2 Å². The smallest absolute Gasteiger partial charge is 0.328 e. The number of phenolic OH excluding ortho intramolecular Hbond substituents is 1. The van der Waals surface area contributed by atoms with Gasteiger partial charge in [0.1, 0.15) is 17.0 Å². The summed E-state index contributed by atoms with van der Waals surface area (Å²) in [5, 5.41) is 29.5. The van der Waals surface area contributed by atoms with E-state index in [0.717, 1.165) is 18.3 Å². The molecule has 21 heavy (non-hydrogen) atoms. The summed E-state index contributed by atoms with van der Waals surface area (Å²) in [6.45, 7) is 0. The molecule has 2 rings (SSSR count). The van der Waals surface area contributed by atoms with Crippen molar-refractivity contribution in [3.8, 4) is 11.6 Å². The van der Waals surface area contributed by atoms with E-state index in [1.807, 2.05) is 9.97 Å². The summed E-state index contributed by atoms with van der Waals surface area (Å²) < 4.78 is 0. The van der Waals surface area contributed by atoms with Gasteiger partial charge in [-0.1, -0.05) is 0 Å². The van der Waals surface area contributed by atoms with E-state index in [9.17, 15) is 29.9 Å². The lowest BCUT2D eigenvalue weighted by Crippen LogP contribution is -2.24. The zero-order valence-electron chi connectivity index (χ0n) is 10.2. The maximum Gasteiger partial charge on any atom is 0.328 e. The summed E-state index contributed by atoms with van der Waals surface area (Å²) in [5.74, 6) is -1.16. The van der Waals surface area contributed by atoms with Crippen LogP contribution in [0.25, 0.3) is 0 Å². The van der Waals surface area contributed by atoms with Gasteiger partial charge in [0, 0.05) is 12.3 Å². The van der Waals surface area contributed by atoms with Crippen LogP contribution in [-0.4, -0.2) is 31.3 Å². The standard InChI is InChI=1S/C11H8N4O6/c16-8-3-5(15(20)21)1-2-7(8)12-4-6-9(17)13-11(19)14-10(6)18/h1-4,16H,(H3,13,14,17,18,19). The third kappa shape index (κ3) is 2.94. The van der Waals surface area contributed by atoms with Crippen molar-refractivity contribution in [2.75, 3.05) is 0 Å². The number of aliphatic imine (C=N–C) groups is 1. The molecule has 0 fully saturated rings. The van der Waals surface area contributed by atoms with Gasteiger partial charge in [-0.3, -0.25) is 29.9 Å². The van der Waals surface area contributed by atoms with Gasteiger partial charge in [0.2, 0.25) is 5.88 Å². The molecule has 0 amide bonds. The molecule has 0 saturated carbocycles. The molecule has 108 valence electrons. The van der Waals surface area contributed by atoms with Crippen LogP contribution < -0.4 is 11.2 Å². The number of hydrogen-bond donors (Lipinski definition) is 4. The molecular weight excluding hydrogens is 284 g/mol. The van der Waals surface area contributed by atoms with Gasteiger partial charge in [-0.2, -0.15) is 0 Å². The molecule has 0 radical (unpaired) electrons. The Kier molecular flexibility index (Phi) is 3.52. The summed E-state index contributed by atoms with van der Waals surface area (Å²) in [5.41, 5.74) is -2.46. The van der Waals surface area contributed by atoms with Crippen LogP contribution in [0.4, 0.5) is 11.4 Å². The number of rotatable bonds is 3. The second-order valence-corrected chi connectivity index (χ2v) is 3.86. The molecule has 1 heterocycles. The normalized spacial score (nSPS) is 10.9.